The van der Waals surface area contributed by atoms with Crippen LogP contribution in [-0.4, -0.2) is 53.3 Å². The van der Waals surface area contributed by atoms with Crippen LogP contribution in [0, 0.1) is 11.8 Å². The largest absolute Gasteiger partial charge is 0.475 e. The van der Waals surface area contributed by atoms with Gasteiger partial charge in [-0.3, -0.25) is 9.59 Å². The maximum Gasteiger partial charge on any atom is 0.475 e. The lowest BCUT2D eigenvalue weighted by atomic mass is 9.75. The average molecular weight is 401 g/mol. The first-order valence-electron chi connectivity index (χ1n) is 10.1. The molecule has 156 valence electrons. The van der Waals surface area contributed by atoms with Gasteiger partial charge < -0.3 is 25.5 Å². The molecular weight excluding hydrogens is 373 g/mol. The van der Waals surface area contributed by atoms with Gasteiger partial charge in [0, 0.05) is 12.3 Å². The highest BCUT2D eigenvalue weighted by molar-refractivity contribution is 6.43. The van der Waals surface area contributed by atoms with E-state index in [1.807, 2.05) is 26.0 Å². The fraction of sp³-hybridized carbons (Fsp3) is 0.550. The number of hydrogen-bond donors (Lipinski definition) is 4. The smallest absolute Gasteiger partial charge is 0.426 e. The topological polar surface area (TPSA) is 120 Å². The summed E-state index contributed by atoms with van der Waals surface area (Å²) >= 11 is 0. The third kappa shape index (κ3) is 5.58. The van der Waals surface area contributed by atoms with E-state index in [1.165, 1.54) is 11.1 Å². The number of nitrogens with zero attached hydrogens (tertiary/aromatic N) is 1. The maximum atomic E-state index is 12.5. The van der Waals surface area contributed by atoms with Crippen LogP contribution in [0.5, 0.6) is 0 Å². The zero-order valence-electron chi connectivity index (χ0n) is 16.8. The summed E-state index contributed by atoms with van der Waals surface area (Å²) in [5, 5.41) is 28.3. The van der Waals surface area contributed by atoms with Crippen molar-refractivity contribution in [2.24, 2.45) is 17.0 Å². The summed E-state index contributed by atoms with van der Waals surface area (Å²) in [5.41, 5.74) is 3.01. The Morgan fingerprint density at radius 3 is 2.41 bits per heavy atom. The molecule has 0 saturated carbocycles. The molecular formula is C20H28BN3O5. The Morgan fingerprint density at radius 2 is 1.83 bits per heavy atom. The zero-order valence-corrected chi connectivity index (χ0v) is 16.8. The van der Waals surface area contributed by atoms with Crippen molar-refractivity contribution in [1.82, 2.24) is 10.6 Å². The average Bonchev–Trinajstić information content (AvgIpc) is 3.32. The molecule has 3 rings (SSSR count). The minimum atomic E-state index is -1.64. The van der Waals surface area contributed by atoms with E-state index >= 15 is 0 Å². The summed E-state index contributed by atoms with van der Waals surface area (Å²) in [4.78, 5) is 30.0. The lowest BCUT2D eigenvalue weighted by molar-refractivity contribution is -0.131. The summed E-state index contributed by atoms with van der Waals surface area (Å²) in [6, 6.07) is 8.07. The van der Waals surface area contributed by atoms with Crippen LogP contribution in [0.3, 0.4) is 0 Å². The molecule has 0 aromatic heterocycles. The second kappa shape index (κ2) is 9.41. The van der Waals surface area contributed by atoms with Crippen molar-refractivity contribution in [3.63, 3.8) is 0 Å². The number of carbonyl (C=O) groups excluding carboxylic acids is 2. The Hall–Kier alpha value is -2.39. The first-order chi connectivity index (χ1) is 13.8. The quantitative estimate of drug-likeness (QED) is 0.464. The second-order valence-corrected chi connectivity index (χ2v) is 8.21. The highest BCUT2D eigenvalue weighted by Crippen LogP contribution is 2.26. The Labute approximate surface area is 170 Å². The monoisotopic (exact) mass is 401 g/mol. The van der Waals surface area contributed by atoms with Crippen LogP contribution < -0.4 is 10.6 Å². The van der Waals surface area contributed by atoms with Gasteiger partial charge in [-0.05, 0) is 36.3 Å². The van der Waals surface area contributed by atoms with E-state index in [1.54, 1.807) is 0 Å². The van der Waals surface area contributed by atoms with Gasteiger partial charge in [-0.2, -0.15) is 0 Å². The Balaban J connectivity index is 1.43. The number of benzene rings is 1. The number of rotatable bonds is 8. The molecule has 2 amide bonds. The van der Waals surface area contributed by atoms with Crippen molar-refractivity contribution in [1.29, 1.82) is 0 Å². The van der Waals surface area contributed by atoms with Crippen molar-refractivity contribution in [3.8, 4) is 0 Å². The van der Waals surface area contributed by atoms with Gasteiger partial charge in [-0.1, -0.05) is 43.3 Å². The second-order valence-electron chi connectivity index (χ2n) is 8.21. The Morgan fingerprint density at radius 1 is 1.17 bits per heavy atom. The molecule has 1 aliphatic heterocycles. The van der Waals surface area contributed by atoms with Crippen LogP contribution in [0.25, 0.3) is 0 Å². The van der Waals surface area contributed by atoms with Crippen LogP contribution in [0.2, 0.25) is 0 Å². The molecule has 1 aromatic carbocycles. The van der Waals surface area contributed by atoms with Gasteiger partial charge in [0.1, 0.15) is 0 Å². The lowest BCUT2D eigenvalue weighted by Crippen LogP contribution is -2.50. The summed E-state index contributed by atoms with van der Waals surface area (Å²) in [5.74, 6) is -1.14. The van der Waals surface area contributed by atoms with E-state index in [4.69, 9.17) is 4.84 Å². The van der Waals surface area contributed by atoms with Crippen LogP contribution >= 0.6 is 0 Å². The van der Waals surface area contributed by atoms with E-state index in [-0.39, 0.29) is 30.7 Å². The molecule has 0 bridgehead atoms. The minimum Gasteiger partial charge on any atom is -0.426 e. The van der Waals surface area contributed by atoms with Crippen molar-refractivity contribution in [3.05, 3.63) is 35.4 Å². The van der Waals surface area contributed by atoms with Gasteiger partial charge >= 0.3 is 7.12 Å². The Kier molecular flexibility index (Phi) is 6.92. The summed E-state index contributed by atoms with van der Waals surface area (Å²) in [6.45, 7) is 4.09. The number of carbonyl (C=O) groups is 2. The molecule has 1 heterocycles. The molecule has 29 heavy (non-hydrogen) atoms. The van der Waals surface area contributed by atoms with E-state index in [2.05, 4.69) is 27.9 Å². The van der Waals surface area contributed by atoms with E-state index in [9.17, 15) is 19.6 Å². The van der Waals surface area contributed by atoms with Gasteiger partial charge in [0.05, 0.1) is 18.2 Å². The van der Waals surface area contributed by atoms with E-state index in [0.29, 0.717) is 12.1 Å². The predicted octanol–water partition coefficient (Wildman–Crippen LogP) is 0.205. The molecule has 8 nitrogen and oxygen atoms in total. The molecule has 4 N–H and O–H groups in total. The van der Waals surface area contributed by atoms with E-state index in [0.717, 1.165) is 12.8 Å². The molecule has 9 heteroatoms. The number of oxime groups is 1. The van der Waals surface area contributed by atoms with Crippen LogP contribution in [0.1, 0.15) is 37.8 Å². The van der Waals surface area contributed by atoms with Crippen molar-refractivity contribution in [2.75, 3.05) is 6.54 Å². The number of fused-ring (bicyclic) bond motifs is 1. The molecule has 2 unspecified atom stereocenters. The van der Waals surface area contributed by atoms with Crippen LogP contribution in [-0.2, 0) is 27.3 Å². The SMILES string of the molecule is CC(C)CC(NC(=O)C1CC(CNC(=O)C2Cc3ccccc3C2)=NO1)B(O)O. The summed E-state index contributed by atoms with van der Waals surface area (Å²) in [6.07, 6.45) is 1.33. The van der Waals surface area contributed by atoms with Gasteiger partial charge in [0.2, 0.25) is 12.0 Å². The normalized spacial score (nSPS) is 19.3. The van der Waals surface area contributed by atoms with Gasteiger partial charge in [0.15, 0.2) is 0 Å². The van der Waals surface area contributed by atoms with Crippen molar-refractivity contribution >= 4 is 24.6 Å². The predicted molar refractivity (Wildman–Crippen MR) is 109 cm³/mol. The maximum absolute atomic E-state index is 12.5. The fourth-order valence-corrected chi connectivity index (χ4v) is 3.79. The van der Waals surface area contributed by atoms with Gasteiger partial charge in [-0.15, -0.1) is 0 Å². The minimum absolute atomic E-state index is 0.0304. The molecule has 0 fully saturated rings. The van der Waals surface area contributed by atoms with Gasteiger partial charge in [0.25, 0.3) is 5.91 Å². The molecule has 0 saturated heterocycles. The first-order valence-corrected chi connectivity index (χ1v) is 10.1. The summed E-state index contributed by atoms with van der Waals surface area (Å²) in [7, 11) is -1.64. The highest BCUT2D eigenvalue weighted by atomic mass is 16.6. The number of nitrogens with one attached hydrogen (secondary N) is 2. The zero-order chi connectivity index (χ0) is 21.0. The number of hydrogen-bond acceptors (Lipinski definition) is 6. The van der Waals surface area contributed by atoms with Crippen LogP contribution in [0.15, 0.2) is 29.4 Å². The standard InChI is InChI=1S/C20H28BN3O5/c1-12(2)7-18(21(27)28)23-20(26)17-10-16(24-29-17)11-22-19(25)15-8-13-5-3-4-6-14(13)9-15/h3-6,12,15,17-18,27-28H,7-11H2,1-2H3,(H,22,25)(H,23,26). The molecule has 1 aliphatic carbocycles. The highest BCUT2D eigenvalue weighted by Gasteiger charge is 2.34. The molecule has 1 aromatic rings. The third-order valence-electron chi connectivity index (χ3n) is 5.32. The van der Waals surface area contributed by atoms with Crippen molar-refractivity contribution < 1.29 is 24.5 Å². The molecule has 2 atom stereocenters. The molecule has 0 radical (unpaired) electrons. The number of amides is 2. The van der Waals surface area contributed by atoms with E-state index < -0.39 is 25.1 Å². The fourth-order valence-electron chi connectivity index (χ4n) is 3.79. The first kappa shape index (κ1) is 21.3. The van der Waals surface area contributed by atoms with Crippen LogP contribution in [0.4, 0.5) is 0 Å². The summed E-state index contributed by atoms with van der Waals surface area (Å²) < 4.78 is 0. The Bertz CT molecular complexity index is 758. The molecule has 2 aliphatic rings. The molecule has 0 spiro atoms. The lowest BCUT2D eigenvalue weighted by Gasteiger charge is -2.20. The third-order valence-corrected chi connectivity index (χ3v) is 5.32. The van der Waals surface area contributed by atoms with Gasteiger partial charge in [-0.25, -0.2) is 0 Å². The van der Waals surface area contributed by atoms with Crippen molar-refractivity contribution in [2.45, 2.75) is 51.6 Å².